The lowest BCUT2D eigenvalue weighted by Gasteiger charge is -2.18. The Labute approximate surface area is 99.5 Å². The van der Waals surface area contributed by atoms with Crippen LogP contribution in [0.15, 0.2) is 11.6 Å². The molecule has 0 aliphatic heterocycles. The minimum absolute atomic E-state index is 0.510. The molecule has 0 saturated carbocycles. The summed E-state index contributed by atoms with van der Waals surface area (Å²) in [5.41, 5.74) is -1.23. The second-order valence-corrected chi connectivity index (χ2v) is 4.07. The van der Waals surface area contributed by atoms with Crippen molar-refractivity contribution in [1.82, 2.24) is 0 Å². The maximum absolute atomic E-state index is 11.4. The number of ether oxygens (including phenoxy) is 3. The van der Waals surface area contributed by atoms with Crippen molar-refractivity contribution in [2.75, 3.05) is 14.2 Å². The van der Waals surface area contributed by atoms with Crippen molar-refractivity contribution in [1.29, 1.82) is 0 Å². The highest BCUT2D eigenvalue weighted by Gasteiger charge is 2.23. The van der Waals surface area contributed by atoms with Gasteiger partial charge < -0.3 is 14.2 Å². The molecule has 0 heterocycles. The van der Waals surface area contributed by atoms with Crippen LogP contribution in [0.5, 0.6) is 0 Å². The average Bonchev–Trinajstić information content (AvgIpc) is 2.21. The molecule has 0 aromatic rings. The molecular formula is C11H16O6. The lowest BCUT2D eigenvalue weighted by atomic mass is 10.2. The first-order valence-electron chi connectivity index (χ1n) is 4.82. The van der Waals surface area contributed by atoms with E-state index in [0.717, 1.165) is 20.3 Å². The fourth-order valence-corrected chi connectivity index (χ4v) is 0.870. The highest BCUT2D eigenvalue weighted by Crippen LogP contribution is 2.09. The Kier molecular flexibility index (Phi) is 5.37. The van der Waals surface area contributed by atoms with Gasteiger partial charge in [0.2, 0.25) is 0 Å². The number of carbonyl (C=O) groups is 3. The molecule has 0 aromatic heterocycles. The summed E-state index contributed by atoms with van der Waals surface area (Å²) >= 11 is 0. The number of rotatable bonds is 3. The molecule has 0 aromatic carbocycles. The van der Waals surface area contributed by atoms with Gasteiger partial charge in [-0.25, -0.2) is 14.4 Å². The smallest absolute Gasteiger partial charge is 0.345 e. The predicted molar refractivity (Wildman–Crippen MR) is 58.0 cm³/mol. The van der Waals surface area contributed by atoms with E-state index >= 15 is 0 Å². The fraction of sp³-hybridized carbons (Fsp3) is 0.545. The van der Waals surface area contributed by atoms with Crippen molar-refractivity contribution in [3.63, 3.8) is 0 Å². The first kappa shape index (κ1) is 15.2. The summed E-state index contributed by atoms with van der Waals surface area (Å²) in [5, 5.41) is 0. The summed E-state index contributed by atoms with van der Waals surface area (Å²) in [6.45, 7) is 4.98. The third-order valence-electron chi connectivity index (χ3n) is 1.48. The van der Waals surface area contributed by atoms with Crippen LogP contribution in [0.1, 0.15) is 20.8 Å². The van der Waals surface area contributed by atoms with E-state index in [1.807, 2.05) is 0 Å². The van der Waals surface area contributed by atoms with Gasteiger partial charge in [-0.15, -0.1) is 0 Å². The van der Waals surface area contributed by atoms with E-state index < -0.39 is 29.1 Å². The zero-order valence-corrected chi connectivity index (χ0v) is 10.5. The van der Waals surface area contributed by atoms with Crippen LogP contribution >= 0.6 is 0 Å². The summed E-state index contributed by atoms with van der Waals surface area (Å²) in [6.07, 6.45) is 0.753. The second-order valence-electron chi connectivity index (χ2n) is 4.07. The normalized spacial score (nSPS) is 10.2. The lowest BCUT2D eigenvalue weighted by molar-refractivity contribution is -0.151. The molecule has 0 saturated heterocycles. The predicted octanol–water partition coefficient (Wildman–Crippen LogP) is 0.600. The zero-order valence-electron chi connectivity index (χ0n) is 10.5. The standard InChI is InChI=1S/C11H16O6/c1-11(2,3)17-8(12)6-7(9(13)15-4)10(14)16-5/h6H,1-5H3. The lowest BCUT2D eigenvalue weighted by Crippen LogP contribution is -2.24. The van der Waals surface area contributed by atoms with Crippen molar-refractivity contribution >= 4 is 17.9 Å². The first-order valence-corrected chi connectivity index (χ1v) is 4.82. The molecular weight excluding hydrogens is 228 g/mol. The topological polar surface area (TPSA) is 78.9 Å². The van der Waals surface area contributed by atoms with Crippen LogP contribution in [0.3, 0.4) is 0 Å². The summed E-state index contributed by atoms with van der Waals surface area (Å²) in [5.74, 6) is -2.73. The van der Waals surface area contributed by atoms with Gasteiger partial charge in [-0.3, -0.25) is 0 Å². The molecule has 0 unspecified atom stereocenters. The number of esters is 3. The monoisotopic (exact) mass is 244 g/mol. The molecule has 0 fully saturated rings. The Balaban J connectivity index is 4.99. The maximum atomic E-state index is 11.4. The van der Waals surface area contributed by atoms with Crippen LogP contribution in [0.2, 0.25) is 0 Å². The zero-order chi connectivity index (χ0) is 13.6. The van der Waals surface area contributed by atoms with Gasteiger partial charge in [-0.1, -0.05) is 0 Å². The van der Waals surface area contributed by atoms with Gasteiger partial charge in [0.15, 0.2) is 5.57 Å². The quantitative estimate of drug-likeness (QED) is 0.238. The Hall–Kier alpha value is -1.85. The average molecular weight is 244 g/mol. The van der Waals surface area contributed by atoms with Gasteiger partial charge in [-0.2, -0.15) is 0 Å². The molecule has 0 aliphatic carbocycles. The van der Waals surface area contributed by atoms with E-state index in [-0.39, 0.29) is 0 Å². The summed E-state index contributed by atoms with van der Waals surface area (Å²) in [6, 6.07) is 0. The van der Waals surface area contributed by atoms with Crippen molar-refractivity contribution in [3.05, 3.63) is 11.6 Å². The molecule has 96 valence electrons. The van der Waals surface area contributed by atoms with Crippen molar-refractivity contribution in [2.45, 2.75) is 26.4 Å². The number of hydrogen-bond acceptors (Lipinski definition) is 6. The number of hydrogen-bond donors (Lipinski definition) is 0. The van der Waals surface area contributed by atoms with Crippen LogP contribution < -0.4 is 0 Å². The van der Waals surface area contributed by atoms with Gasteiger partial charge in [0.1, 0.15) is 5.60 Å². The molecule has 0 amide bonds. The Bertz CT molecular complexity index is 329. The third-order valence-corrected chi connectivity index (χ3v) is 1.48. The largest absolute Gasteiger partial charge is 0.465 e. The van der Waals surface area contributed by atoms with E-state index in [0.29, 0.717) is 0 Å². The third kappa shape index (κ3) is 5.70. The molecule has 0 bridgehead atoms. The van der Waals surface area contributed by atoms with Gasteiger partial charge >= 0.3 is 17.9 Å². The van der Waals surface area contributed by atoms with Crippen molar-refractivity contribution in [3.8, 4) is 0 Å². The SMILES string of the molecule is COC(=O)C(=CC(=O)OC(C)(C)C)C(=O)OC. The van der Waals surface area contributed by atoms with Crippen LogP contribution in [-0.4, -0.2) is 37.7 Å². The first-order chi connectivity index (χ1) is 7.71. The van der Waals surface area contributed by atoms with Gasteiger partial charge in [0, 0.05) is 6.08 Å². The van der Waals surface area contributed by atoms with Crippen molar-refractivity contribution in [2.24, 2.45) is 0 Å². The Morgan fingerprint density at radius 2 is 1.35 bits per heavy atom. The molecule has 0 atom stereocenters. The van der Waals surface area contributed by atoms with Gasteiger partial charge in [-0.05, 0) is 20.8 Å². The summed E-state index contributed by atoms with van der Waals surface area (Å²) in [4.78, 5) is 33.8. The molecule has 0 rings (SSSR count). The van der Waals surface area contributed by atoms with Crippen LogP contribution in [0.4, 0.5) is 0 Å². The van der Waals surface area contributed by atoms with E-state index in [9.17, 15) is 14.4 Å². The maximum Gasteiger partial charge on any atom is 0.345 e. The molecule has 17 heavy (non-hydrogen) atoms. The number of methoxy groups -OCH3 is 2. The van der Waals surface area contributed by atoms with Crippen molar-refractivity contribution < 1.29 is 28.6 Å². The minimum Gasteiger partial charge on any atom is -0.465 e. The van der Waals surface area contributed by atoms with Gasteiger partial charge in [0.25, 0.3) is 0 Å². The molecule has 0 aliphatic rings. The highest BCUT2D eigenvalue weighted by atomic mass is 16.6. The highest BCUT2D eigenvalue weighted by molar-refractivity contribution is 6.17. The van der Waals surface area contributed by atoms with Gasteiger partial charge in [0.05, 0.1) is 14.2 Å². The fourth-order valence-electron chi connectivity index (χ4n) is 0.870. The molecule has 0 spiro atoms. The molecule has 6 heteroatoms. The minimum atomic E-state index is -0.956. The van der Waals surface area contributed by atoms with E-state index in [1.54, 1.807) is 20.8 Å². The molecule has 0 radical (unpaired) electrons. The van der Waals surface area contributed by atoms with E-state index in [2.05, 4.69) is 9.47 Å². The number of carbonyl (C=O) groups excluding carboxylic acids is 3. The summed E-state index contributed by atoms with van der Waals surface area (Å²) < 4.78 is 13.6. The Morgan fingerprint density at radius 3 is 1.65 bits per heavy atom. The van der Waals surface area contributed by atoms with E-state index in [1.165, 1.54) is 0 Å². The van der Waals surface area contributed by atoms with Crippen LogP contribution in [0.25, 0.3) is 0 Å². The molecule has 0 N–H and O–H groups in total. The Morgan fingerprint density at radius 1 is 0.941 bits per heavy atom. The second kappa shape index (κ2) is 6.03. The molecule has 6 nitrogen and oxygen atoms in total. The van der Waals surface area contributed by atoms with Crippen LogP contribution in [-0.2, 0) is 28.6 Å². The van der Waals surface area contributed by atoms with Crippen LogP contribution in [0, 0.1) is 0 Å². The van der Waals surface area contributed by atoms with E-state index in [4.69, 9.17) is 4.74 Å². The summed E-state index contributed by atoms with van der Waals surface area (Å²) in [7, 11) is 2.18.